The molecule has 0 spiro atoms. The fourth-order valence-corrected chi connectivity index (χ4v) is 2.78. The van der Waals surface area contributed by atoms with Crippen LogP contribution < -0.4 is 5.32 Å². The lowest BCUT2D eigenvalue weighted by Gasteiger charge is -2.09. The van der Waals surface area contributed by atoms with E-state index in [1.54, 1.807) is 24.8 Å². The Balaban J connectivity index is 2.50. The van der Waals surface area contributed by atoms with Crippen molar-refractivity contribution in [3.05, 3.63) is 32.3 Å². The summed E-state index contributed by atoms with van der Waals surface area (Å²) < 4.78 is 0.699. The molecule has 2 N–H and O–H groups in total. The smallest absolute Gasteiger partial charge is 0.273 e. The zero-order valence-corrected chi connectivity index (χ0v) is 13.1. The Kier molecular flexibility index (Phi) is 7.19. The molecule has 0 radical (unpaired) electrons. The number of aryl methyl sites for hydroxylation is 1. The van der Waals surface area contributed by atoms with Gasteiger partial charge in [-0.1, -0.05) is 0 Å². The number of nitrogens with zero attached hydrogens (tertiary/aromatic N) is 1. The second-order valence-electron chi connectivity index (χ2n) is 3.99. The minimum absolute atomic E-state index is 0.120. The van der Waals surface area contributed by atoms with Gasteiger partial charge in [-0.05, 0) is 41.1 Å². The first kappa shape index (κ1) is 16.3. The Hall–Kier alpha value is -0.790. The molecule has 0 aliphatic heterocycles. The molecule has 0 fully saturated rings. The zero-order chi connectivity index (χ0) is 14.3. The number of aliphatic hydroxyl groups excluding tert-OH is 1. The Bertz CT molecular complexity index is 443. The van der Waals surface area contributed by atoms with E-state index >= 15 is 0 Å². The van der Waals surface area contributed by atoms with Gasteiger partial charge in [0, 0.05) is 40.7 Å². The first-order valence-electron chi connectivity index (χ1n) is 5.93. The van der Waals surface area contributed by atoms with Gasteiger partial charge in [0.2, 0.25) is 0 Å². The van der Waals surface area contributed by atoms with Gasteiger partial charge in [0.25, 0.3) is 5.69 Å². The number of benzene rings is 1. The number of anilines is 1. The number of halogens is 1. The average molecular weight is 349 g/mol. The molecule has 0 unspecified atom stereocenters. The topological polar surface area (TPSA) is 75.4 Å². The summed E-state index contributed by atoms with van der Waals surface area (Å²) in [5.41, 5.74) is 1.63. The molecule has 1 aromatic carbocycles. The van der Waals surface area contributed by atoms with Gasteiger partial charge in [0.05, 0.1) is 4.92 Å². The number of aliphatic hydroxyl groups is 1. The van der Waals surface area contributed by atoms with Crippen molar-refractivity contribution in [2.45, 2.75) is 13.3 Å². The third kappa shape index (κ3) is 5.38. The van der Waals surface area contributed by atoms with Gasteiger partial charge >= 0.3 is 0 Å². The molecule has 1 rings (SSSR count). The number of rotatable bonds is 8. The van der Waals surface area contributed by atoms with Crippen LogP contribution in [0, 0.1) is 17.0 Å². The molecule has 5 nitrogen and oxygen atoms in total. The third-order valence-corrected chi connectivity index (χ3v) is 4.22. The zero-order valence-electron chi connectivity index (χ0n) is 10.7. The predicted molar refractivity (Wildman–Crippen MR) is 83.1 cm³/mol. The van der Waals surface area contributed by atoms with Crippen LogP contribution in [0.25, 0.3) is 0 Å². The van der Waals surface area contributed by atoms with Crippen LogP contribution in [-0.4, -0.2) is 34.7 Å². The van der Waals surface area contributed by atoms with Crippen LogP contribution in [0.3, 0.4) is 0 Å². The lowest BCUT2D eigenvalue weighted by Crippen LogP contribution is -2.06. The molecule has 7 heteroatoms. The van der Waals surface area contributed by atoms with Crippen molar-refractivity contribution in [1.29, 1.82) is 0 Å². The highest BCUT2D eigenvalue weighted by Gasteiger charge is 2.13. The van der Waals surface area contributed by atoms with E-state index in [4.69, 9.17) is 5.11 Å². The van der Waals surface area contributed by atoms with Crippen molar-refractivity contribution >= 4 is 39.1 Å². The van der Waals surface area contributed by atoms with E-state index in [0.29, 0.717) is 10.0 Å². The lowest BCUT2D eigenvalue weighted by atomic mass is 10.2. The molecule has 0 atom stereocenters. The van der Waals surface area contributed by atoms with E-state index in [2.05, 4.69) is 21.2 Å². The van der Waals surface area contributed by atoms with E-state index in [1.807, 2.05) is 0 Å². The summed E-state index contributed by atoms with van der Waals surface area (Å²) in [4.78, 5) is 10.4. The third-order valence-electron chi connectivity index (χ3n) is 2.49. The van der Waals surface area contributed by atoms with Crippen LogP contribution in [0.5, 0.6) is 0 Å². The fraction of sp³-hybridized carbons (Fsp3) is 0.500. The summed E-state index contributed by atoms with van der Waals surface area (Å²) in [6, 6.07) is 3.30. The normalized spacial score (nSPS) is 10.5. The number of nitro groups is 1. The van der Waals surface area contributed by atoms with Gasteiger partial charge in [-0.3, -0.25) is 10.1 Å². The van der Waals surface area contributed by atoms with Crippen molar-refractivity contribution in [3.63, 3.8) is 0 Å². The summed E-state index contributed by atoms with van der Waals surface area (Å²) in [6.45, 7) is 2.74. The van der Waals surface area contributed by atoms with Gasteiger partial charge < -0.3 is 10.4 Å². The standard InChI is InChI=1S/C12H17BrN2O3S/c1-9-7-11(10(13)8-12(9)15(17)18)14-3-6-19-5-2-4-16/h7-8,14,16H,2-6H2,1H3. The van der Waals surface area contributed by atoms with Gasteiger partial charge in [0.15, 0.2) is 0 Å². The fourth-order valence-electron chi connectivity index (χ4n) is 1.53. The Morgan fingerprint density at radius 3 is 2.84 bits per heavy atom. The van der Waals surface area contributed by atoms with Crippen molar-refractivity contribution in [3.8, 4) is 0 Å². The molecule has 106 valence electrons. The molecule has 0 bridgehead atoms. The molecular formula is C12H17BrN2O3S. The van der Waals surface area contributed by atoms with Crippen molar-refractivity contribution in [1.82, 2.24) is 0 Å². The number of nitro benzene ring substituents is 1. The Morgan fingerprint density at radius 2 is 2.21 bits per heavy atom. The SMILES string of the molecule is Cc1cc(NCCSCCCO)c(Br)cc1[N+](=O)[O-]. The largest absolute Gasteiger partial charge is 0.396 e. The number of hydrogen-bond donors (Lipinski definition) is 2. The second kappa shape index (κ2) is 8.39. The first-order valence-corrected chi connectivity index (χ1v) is 7.88. The van der Waals surface area contributed by atoms with Gasteiger partial charge in [0.1, 0.15) is 0 Å². The predicted octanol–water partition coefficient (Wildman–Crippen LogP) is 3.19. The molecule has 0 aromatic heterocycles. The minimum atomic E-state index is -0.380. The second-order valence-corrected chi connectivity index (χ2v) is 6.07. The van der Waals surface area contributed by atoms with Crippen molar-refractivity contribution in [2.24, 2.45) is 0 Å². The van der Waals surface area contributed by atoms with Crippen LogP contribution in [0.2, 0.25) is 0 Å². The van der Waals surface area contributed by atoms with Crippen LogP contribution in [0.1, 0.15) is 12.0 Å². The molecule has 0 heterocycles. The highest BCUT2D eigenvalue weighted by Crippen LogP contribution is 2.30. The molecule has 19 heavy (non-hydrogen) atoms. The minimum Gasteiger partial charge on any atom is -0.396 e. The Labute approximate surface area is 125 Å². The first-order chi connectivity index (χ1) is 9.06. The monoisotopic (exact) mass is 348 g/mol. The van der Waals surface area contributed by atoms with Crippen LogP contribution in [-0.2, 0) is 0 Å². The summed E-state index contributed by atoms with van der Waals surface area (Å²) in [5.74, 6) is 1.88. The maximum atomic E-state index is 10.8. The molecule has 0 aliphatic rings. The molecule has 0 saturated heterocycles. The van der Waals surface area contributed by atoms with E-state index in [1.165, 1.54) is 6.07 Å². The van der Waals surface area contributed by atoms with Crippen LogP contribution in [0.15, 0.2) is 16.6 Å². The molecule has 1 aromatic rings. The van der Waals surface area contributed by atoms with Crippen LogP contribution in [0.4, 0.5) is 11.4 Å². The highest BCUT2D eigenvalue weighted by atomic mass is 79.9. The van der Waals surface area contributed by atoms with Gasteiger partial charge in [-0.25, -0.2) is 0 Å². The average Bonchev–Trinajstić information content (AvgIpc) is 2.36. The summed E-state index contributed by atoms with van der Waals surface area (Å²) in [7, 11) is 0. The lowest BCUT2D eigenvalue weighted by molar-refractivity contribution is -0.385. The van der Waals surface area contributed by atoms with E-state index in [-0.39, 0.29) is 17.2 Å². The summed E-state index contributed by atoms with van der Waals surface area (Å²) >= 11 is 5.11. The van der Waals surface area contributed by atoms with Gasteiger partial charge in [-0.15, -0.1) is 0 Å². The van der Waals surface area contributed by atoms with E-state index in [0.717, 1.165) is 30.2 Å². The van der Waals surface area contributed by atoms with Crippen molar-refractivity contribution < 1.29 is 10.0 Å². The quantitative estimate of drug-likeness (QED) is 0.428. The number of nitrogens with one attached hydrogen (secondary N) is 1. The number of thioether (sulfide) groups is 1. The van der Waals surface area contributed by atoms with E-state index in [9.17, 15) is 10.1 Å². The maximum Gasteiger partial charge on any atom is 0.273 e. The van der Waals surface area contributed by atoms with Crippen LogP contribution >= 0.6 is 27.7 Å². The molecular weight excluding hydrogens is 332 g/mol. The molecule has 0 saturated carbocycles. The maximum absolute atomic E-state index is 10.8. The Morgan fingerprint density at radius 1 is 1.47 bits per heavy atom. The summed E-state index contributed by atoms with van der Waals surface area (Å²) in [5, 5.41) is 22.7. The highest BCUT2D eigenvalue weighted by molar-refractivity contribution is 9.10. The van der Waals surface area contributed by atoms with Crippen molar-refractivity contribution in [2.75, 3.05) is 30.0 Å². The van der Waals surface area contributed by atoms with E-state index < -0.39 is 0 Å². The molecule has 0 aliphatic carbocycles. The number of hydrogen-bond acceptors (Lipinski definition) is 5. The molecule has 0 amide bonds. The van der Waals surface area contributed by atoms with Gasteiger partial charge in [-0.2, -0.15) is 11.8 Å². The summed E-state index contributed by atoms with van der Waals surface area (Å²) in [6.07, 6.45) is 0.811.